The maximum atomic E-state index is 12.6. The van der Waals surface area contributed by atoms with Crippen LogP contribution in [0.25, 0.3) is 11.5 Å². The molecule has 4 aromatic heterocycles. The molecule has 12 heteroatoms. The lowest BCUT2D eigenvalue weighted by atomic mass is 9.97. The van der Waals surface area contributed by atoms with E-state index in [0.717, 1.165) is 12.1 Å². The second kappa shape index (κ2) is 6.49. The van der Waals surface area contributed by atoms with Crippen LogP contribution >= 0.6 is 0 Å². The van der Waals surface area contributed by atoms with Crippen LogP contribution in [0.1, 0.15) is 24.6 Å². The molecule has 4 aromatic rings. The molecule has 0 N–H and O–H groups in total. The number of piperidine rings is 1. The zero-order valence-electron chi connectivity index (χ0n) is 14.7. The van der Waals surface area contributed by atoms with Gasteiger partial charge in [-0.3, -0.25) is 0 Å². The van der Waals surface area contributed by atoms with Crippen molar-refractivity contribution in [3.8, 4) is 5.82 Å². The van der Waals surface area contributed by atoms with Gasteiger partial charge in [-0.25, -0.2) is 13.1 Å². The average molecular weight is 400 g/mol. The summed E-state index contributed by atoms with van der Waals surface area (Å²) in [6.45, 7) is 0.762. The van der Waals surface area contributed by atoms with Gasteiger partial charge in [0.15, 0.2) is 17.3 Å². The summed E-state index contributed by atoms with van der Waals surface area (Å²) in [6, 6.07) is 5.49. The molecule has 0 bridgehead atoms. The molecule has 144 valence electrons. The minimum absolute atomic E-state index is 0.0595. The molecular formula is C16H16N8O3S. The molecule has 1 fully saturated rings. The van der Waals surface area contributed by atoms with Gasteiger partial charge >= 0.3 is 0 Å². The summed E-state index contributed by atoms with van der Waals surface area (Å²) in [5.41, 5.74) is 0.644. The molecule has 5 heterocycles. The molecular weight excluding hydrogens is 384 g/mol. The number of sulfonamides is 1. The first-order chi connectivity index (χ1) is 13.6. The normalized spacial score (nSPS) is 16.7. The summed E-state index contributed by atoms with van der Waals surface area (Å²) in [5.74, 6) is 1.45. The SMILES string of the molecule is O=S(=O)(c1cnoc1)N1CCC(c2nnc3ccc(-n4cccn4)nn23)CC1. The fourth-order valence-corrected chi connectivity index (χ4v) is 4.73. The monoisotopic (exact) mass is 400 g/mol. The molecule has 0 unspecified atom stereocenters. The molecule has 1 aliphatic rings. The summed E-state index contributed by atoms with van der Waals surface area (Å²) >= 11 is 0. The number of nitrogens with zero attached hydrogens (tertiary/aromatic N) is 8. The number of rotatable bonds is 4. The summed E-state index contributed by atoms with van der Waals surface area (Å²) in [7, 11) is -3.58. The molecule has 0 spiro atoms. The van der Waals surface area contributed by atoms with E-state index in [4.69, 9.17) is 0 Å². The molecule has 0 amide bonds. The highest BCUT2D eigenvalue weighted by atomic mass is 32.2. The van der Waals surface area contributed by atoms with E-state index in [1.807, 2.05) is 24.4 Å². The minimum Gasteiger partial charge on any atom is -0.363 e. The zero-order chi connectivity index (χ0) is 19.1. The van der Waals surface area contributed by atoms with E-state index >= 15 is 0 Å². The van der Waals surface area contributed by atoms with Crippen LogP contribution in [-0.4, -0.2) is 60.6 Å². The van der Waals surface area contributed by atoms with Gasteiger partial charge in [-0.1, -0.05) is 5.16 Å². The lowest BCUT2D eigenvalue weighted by Crippen LogP contribution is -2.38. The minimum atomic E-state index is -3.58. The van der Waals surface area contributed by atoms with Gasteiger partial charge in [0.1, 0.15) is 11.2 Å². The molecule has 0 saturated carbocycles. The van der Waals surface area contributed by atoms with Gasteiger partial charge in [0.25, 0.3) is 0 Å². The van der Waals surface area contributed by atoms with Crippen molar-refractivity contribution < 1.29 is 12.9 Å². The maximum absolute atomic E-state index is 12.6. The van der Waals surface area contributed by atoms with Crippen LogP contribution in [0, 0.1) is 0 Å². The Morgan fingerprint density at radius 1 is 1.14 bits per heavy atom. The van der Waals surface area contributed by atoms with Crippen molar-refractivity contribution in [3.05, 3.63) is 48.9 Å². The molecule has 0 atom stereocenters. The van der Waals surface area contributed by atoms with Gasteiger partial charge in [-0.2, -0.15) is 13.9 Å². The molecule has 0 aliphatic carbocycles. The molecule has 1 aliphatic heterocycles. The molecule has 11 nitrogen and oxygen atoms in total. The third-order valence-corrected chi connectivity index (χ3v) is 6.72. The Morgan fingerprint density at radius 2 is 2.00 bits per heavy atom. The predicted molar refractivity (Wildman–Crippen MR) is 95.1 cm³/mol. The fraction of sp³-hybridized carbons (Fsp3) is 0.312. The highest BCUT2D eigenvalue weighted by molar-refractivity contribution is 7.89. The van der Waals surface area contributed by atoms with Crippen LogP contribution in [0.5, 0.6) is 0 Å². The molecule has 0 aromatic carbocycles. The van der Waals surface area contributed by atoms with Crippen LogP contribution < -0.4 is 0 Å². The highest BCUT2D eigenvalue weighted by Gasteiger charge is 2.32. The number of fused-ring (bicyclic) bond motifs is 1. The second-order valence-electron chi connectivity index (χ2n) is 6.51. The highest BCUT2D eigenvalue weighted by Crippen LogP contribution is 2.29. The number of hydrogen-bond acceptors (Lipinski definition) is 8. The number of hydrogen-bond donors (Lipinski definition) is 0. The van der Waals surface area contributed by atoms with Crippen LogP contribution in [0.15, 0.2) is 52.5 Å². The third-order valence-electron chi connectivity index (χ3n) is 4.88. The summed E-state index contributed by atoms with van der Waals surface area (Å²) < 4.78 is 34.7. The van der Waals surface area contributed by atoms with Crippen molar-refractivity contribution in [2.75, 3.05) is 13.1 Å². The van der Waals surface area contributed by atoms with Gasteiger partial charge in [-0.15, -0.1) is 15.3 Å². The van der Waals surface area contributed by atoms with Crippen molar-refractivity contribution in [1.29, 1.82) is 0 Å². The van der Waals surface area contributed by atoms with Gasteiger partial charge in [0.05, 0.1) is 6.20 Å². The van der Waals surface area contributed by atoms with E-state index < -0.39 is 10.0 Å². The first-order valence-electron chi connectivity index (χ1n) is 8.75. The Morgan fingerprint density at radius 3 is 2.71 bits per heavy atom. The van der Waals surface area contributed by atoms with Gasteiger partial charge in [-0.05, 0) is 31.0 Å². The van der Waals surface area contributed by atoms with Crippen molar-refractivity contribution in [2.45, 2.75) is 23.7 Å². The van der Waals surface area contributed by atoms with E-state index in [-0.39, 0.29) is 10.8 Å². The standard InChI is InChI=1S/C16H16N8O3S/c25-28(26,13-10-18-27-11-13)22-8-4-12(5-9-22)16-20-19-14-2-3-15(21-24(14)16)23-7-1-6-17-23/h1-3,6-7,10-12H,4-5,8-9H2. The van der Waals surface area contributed by atoms with Gasteiger partial charge in [0, 0.05) is 31.4 Å². The Balaban J connectivity index is 1.39. The Labute approximate surface area is 159 Å². The first-order valence-corrected chi connectivity index (χ1v) is 10.2. The lowest BCUT2D eigenvalue weighted by Gasteiger charge is -2.29. The van der Waals surface area contributed by atoms with Crippen LogP contribution in [0.3, 0.4) is 0 Å². The van der Waals surface area contributed by atoms with Crippen molar-refractivity contribution >= 4 is 15.7 Å². The third kappa shape index (κ3) is 2.77. The molecule has 0 radical (unpaired) electrons. The average Bonchev–Trinajstić information content (AvgIpc) is 3.49. The smallest absolute Gasteiger partial charge is 0.247 e. The van der Waals surface area contributed by atoms with Gasteiger partial charge in [0.2, 0.25) is 10.0 Å². The summed E-state index contributed by atoms with van der Waals surface area (Å²) in [6.07, 6.45) is 7.11. The summed E-state index contributed by atoms with van der Waals surface area (Å²) in [4.78, 5) is 0.0735. The van der Waals surface area contributed by atoms with Crippen molar-refractivity contribution in [3.63, 3.8) is 0 Å². The maximum Gasteiger partial charge on any atom is 0.247 e. The van der Waals surface area contributed by atoms with Crippen LogP contribution in [-0.2, 0) is 10.0 Å². The van der Waals surface area contributed by atoms with E-state index in [2.05, 4.69) is 30.1 Å². The number of aromatic nitrogens is 7. The molecule has 1 saturated heterocycles. The van der Waals surface area contributed by atoms with E-state index in [0.29, 0.717) is 37.4 Å². The largest absolute Gasteiger partial charge is 0.363 e. The lowest BCUT2D eigenvalue weighted by molar-refractivity contribution is 0.311. The van der Waals surface area contributed by atoms with Crippen molar-refractivity contribution in [1.82, 2.24) is 39.1 Å². The van der Waals surface area contributed by atoms with Crippen molar-refractivity contribution in [2.24, 2.45) is 0 Å². The topological polar surface area (TPSA) is 124 Å². The fourth-order valence-electron chi connectivity index (χ4n) is 3.40. The Kier molecular flexibility index (Phi) is 3.94. The van der Waals surface area contributed by atoms with Crippen LogP contribution in [0.4, 0.5) is 0 Å². The predicted octanol–water partition coefficient (Wildman–Crippen LogP) is 0.866. The van der Waals surface area contributed by atoms with E-state index in [9.17, 15) is 8.42 Å². The quantitative estimate of drug-likeness (QED) is 0.494. The van der Waals surface area contributed by atoms with E-state index in [1.54, 1.807) is 15.4 Å². The molecule has 28 heavy (non-hydrogen) atoms. The van der Waals surface area contributed by atoms with E-state index in [1.165, 1.54) is 10.5 Å². The Hall–Kier alpha value is -3.12. The zero-order valence-corrected chi connectivity index (χ0v) is 15.5. The second-order valence-corrected chi connectivity index (χ2v) is 8.45. The first kappa shape index (κ1) is 17.0. The summed E-state index contributed by atoms with van der Waals surface area (Å²) in [5, 5.41) is 20.8. The Bertz CT molecular complexity index is 1190. The van der Waals surface area contributed by atoms with Gasteiger partial charge < -0.3 is 4.52 Å². The van der Waals surface area contributed by atoms with Crippen LogP contribution in [0.2, 0.25) is 0 Å². The molecule has 5 rings (SSSR count).